The van der Waals surface area contributed by atoms with Crippen molar-refractivity contribution in [1.29, 1.82) is 0 Å². The van der Waals surface area contributed by atoms with Crippen LogP contribution >= 0.6 is 15.9 Å². The quantitative estimate of drug-likeness (QED) is 0.746. The molecule has 0 aromatic heterocycles. The van der Waals surface area contributed by atoms with Crippen molar-refractivity contribution >= 4 is 33.6 Å². The Kier molecular flexibility index (Phi) is 4.94. The summed E-state index contributed by atoms with van der Waals surface area (Å²) in [5, 5.41) is 4.86. The molecule has 2 aromatic rings. The highest BCUT2D eigenvalue weighted by atomic mass is 79.9. The normalized spacial score (nSPS) is 9.95. The zero-order chi connectivity index (χ0) is 15.2. The number of nitrogens with one attached hydrogen (secondary N) is 2. The second-order valence-corrected chi connectivity index (χ2v) is 5.17. The highest BCUT2D eigenvalue weighted by Crippen LogP contribution is 2.15. The number of urea groups is 1. The van der Waals surface area contributed by atoms with Crippen molar-refractivity contribution in [3.05, 3.63) is 64.1 Å². The van der Waals surface area contributed by atoms with Gasteiger partial charge in [-0.2, -0.15) is 0 Å². The Morgan fingerprint density at radius 2 is 1.71 bits per heavy atom. The summed E-state index contributed by atoms with van der Waals surface area (Å²) in [6, 6.07) is 13.5. The molecule has 0 radical (unpaired) electrons. The number of anilines is 1. The molecule has 0 atom stereocenters. The molecule has 5 nitrogen and oxygen atoms in total. The Balaban J connectivity index is 1.92. The molecule has 108 valence electrons. The van der Waals surface area contributed by atoms with Gasteiger partial charge in [0.2, 0.25) is 0 Å². The van der Waals surface area contributed by atoms with Crippen LogP contribution in [0.3, 0.4) is 0 Å². The first-order valence-electron chi connectivity index (χ1n) is 6.25. The summed E-state index contributed by atoms with van der Waals surface area (Å²) in [5.41, 5.74) is 7.20. The third kappa shape index (κ3) is 4.06. The number of benzene rings is 2. The van der Waals surface area contributed by atoms with Crippen molar-refractivity contribution in [2.75, 3.05) is 5.73 Å². The van der Waals surface area contributed by atoms with E-state index in [2.05, 4.69) is 26.6 Å². The summed E-state index contributed by atoms with van der Waals surface area (Å²) >= 11 is 3.39. The first-order valence-corrected chi connectivity index (χ1v) is 7.04. The van der Waals surface area contributed by atoms with Gasteiger partial charge in [0.25, 0.3) is 5.91 Å². The number of nitrogen functional groups attached to an aromatic ring is 1. The lowest BCUT2D eigenvalue weighted by Crippen LogP contribution is -2.39. The van der Waals surface area contributed by atoms with Gasteiger partial charge in [0, 0.05) is 16.7 Å². The van der Waals surface area contributed by atoms with Crippen LogP contribution in [0.1, 0.15) is 15.9 Å². The number of imide groups is 1. The average Bonchev–Trinajstić information content (AvgIpc) is 2.46. The summed E-state index contributed by atoms with van der Waals surface area (Å²) in [4.78, 5) is 23.6. The van der Waals surface area contributed by atoms with E-state index in [1.807, 2.05) is 24.3 Å². The first kappa shape index (κ1) is 15.1. The van der Waals surface area contributed by atoms with Crippen LogP contribution in [0.5, 0.6) is 0 Å². The standard InChI is InChI=1S/C15H14BrN3O2/c16-12-7-3-1-5-10(12)9-18-15(21)19-14(20)11-6-2-4-8-13(11)17/h1-8H,9,17H2,(H2,18,19,20,21). The van der Waals surface area contributed by atoms with Crippen molar-refractivity contribution in [2.24, 2.45) is 0 Å². The van der Waals surface area contributed by atoms with Gasteiger partial charge >= 0.3 is 6.03 Å². The zero-order valence-electron chi connectivity index (χ0n) is 11.1. The number of carbonyl (C=O) groups is 2. The smallest absolute Gasteiger partial charge is 0.321 e. The van der Waals surface area contributed by atoms with Gasteiger partial charge in [0.1, 0.15) is 0 Å². The summed E-state index contributed by atoms with van der Waals surface area (Å²) < 4.78 is 0.893. The van der Waals surface area contributed by atoms with Crippen LogP contribution in [0.2, 0.25) is 0 Å². The summed E-state index contributed by atoms with van der Waals surface area (Å²) in [6.45, 7) is 0.310. The second-order valence-electron chi connectivity index (χ2n) is 4.32. The first-order chi connectivity index (χ1) is 10.1. The number of para-hydroxylation sites is 1. The number of hydrogen-bond donors (Lipinski definition) is 3. The average molecular weight is 348 g/mol. The molecule has 0 aliphatic carbocycles. The molecule has 0 heterocycles. The van der Waals surface area contributed by atoms with Crippen LogP contribution in [0.15, 0.2) is 53.0 Å². The highest BCUT2D eigenvalue weighted by Gasteiger charge is 2.12. The maximum atomic E-state index is 11.9. The summed E-state index contributed by atoms with van der Waals surface area (Å²) in [5.74, 6) is -0.530. The molecule has 0 spiro atoms. The maximum Gasteiger partial charge on any atom is 0.321 e. The van der Waals surface area contributed by atoms with E-state index in [9.17, 15) is 9.59 Å². The Hall–Kier alpha value is -2.34. The molecule has 0 saturated heterocycles. The van der Waals surface area contributed by atoms with E-state index in [-0.39, 0.29) is 5.56 Å². The molecule has 0 bridgehead atoms. The zero-order valence-corrected chi connectivity index (χ0v) is 12.7. The molecule has 3 amide bonds. The minimum absolute atomic E-state index is 0.272. The number of nitrogens with two attached hydrogens (primary N) is 1. The molecular weight excluding hydrogens is 334 g/mol. The number of hydrogen-bond acceptors (Lipinski definition) is 3. The fourth-order valence-corrected chi connectivity index (χ4v) is 2.16. The van der Waals surface area contributed by atoms with Crippen LogP contribution in [0.25, 0.3) is 0 Å². The van der Waals surface area contributed by atoms with Gasteiger partial charge in [-0.3, -0.25) is 10.1 Å². The van der Waals surface area contributed by atoms with E-state index >= 15 is 0 Å². The van der Waals surface area contributed by atoms with Crippen molar-refractivity contribution in [3.63, 3.8) is 0 Å². The van der Waals surface area contributed by atoms with Crippen LogP contribution in [0, 0.1) is 0 Å². The van der Waals surface area contributed by atoms with Crippen LogP contribution in [0.4, 0.5) is 10.5 Å². The lowest BCUT2D eigenvalue weighted by Gasteiger charge is -2.09. The predicted octanol–water partition coefficient (Wildman–Crippen LogP) is 2.67. The van der Waals surface area contributed by atoms with Gasteiger partial charge in [-0.1, -0.05) is 46.3 Å². The lowest BCUT2D eigenvalue weighted by atomic mass is 10.2. The molecule has 0 unspecified atom stereocenters. The van der Waals surface area contributed by atoms with Crippen LogP contribution in [-0.2, 0) is 6.54 Å². The number of carbonyl (C=O) groups excluding carboxylic acids is 2. The lowest BCUT2D eigenvalue weighted by molar-refractivity contribution is 0.0965. The topological polar surface area (TPSA) is 84.2 Å². The van der Waals surface area contributed by atoms with E-state index in [1.165, 1.54) is 0 Å². The molecule has 0 aliphatic heterocycles. The third-order valence-corrected chi connectivity index (χ3v) is 3.60. The van der Waals surface area contributed by atoms with Gasteiger partial charge in [-0.15, -0.1) is 0 Å². The maximum absolute atomic E-state index is 11.9. The van der Waals surface area contributed by atoms with Crippen molar-refractivity contribution in [2.45, 2.75) is 6.54 Å². The summed E-state index contributed by atoms with van der Waals surface area (Å²) in [7, 11) is 0. The van der Waals surface area contributed by atoms with Crippen molar-refractivity contribution in [3.8, 4) is 0 Å². The van der Waals surface area contributed by atoms with Crippen LogP contribution in [-0.4, -0.2) is 11.9 Å². The predicted molar refractivity (Wildman–Crippen MR) is 84.7 cm³/mol. The van der Waals surface area contributed by atoms with Gasteiger partial charge in [0.05, 0.1) is 5.56 Å². The SMILES string of the molecule is Nc1ccccc1C(=O)NC(=O)NCc1ccccc1Br. The van der Waals surface area contributed by atoms with Crippen LogP contribution < -0.4 is 16.4 Å². The van der Waals surface area contributed by atoms with E-state index in [1.54, 1.807) is 24.3 Å². The molecule has 2 rings (SSSR count). The van der Waals surface area contributed by atoms with Crippen molar-refractivity contribution in [1.82, 2.24) is 10.6 Å². The highest BCUT2D eigenvalue weighted by molar-refractivity contribution is 9.10. The number of amides is 3. The molecule has 0 aliphatic rings. The number of rotatable bonds is 3. The Morgan fingerprint density at radius 3 is 2.43 bits per heavy atom. The molecule has 2 aromatic carbocycles. The van der Waals surface area contributed by atoms with Gasteiger partial charge in [-0.25, -0.2) is 4.79 Å². The van der Waals surface area contributed by atoms with E-state index in [0.29, 0.717) is 12.2 Å². The summed E-state index contributed by atoms with van der Waals surface area (Å²) in [6.07, 6.45) is 0. The largest absolute Gasteiger partial charge is 0.398 e. The van der Waals surface area contributed by atoms with Gasteiger partial charge in [-0.05, 0) is 23.8 Å². The molecule has 6 heteroatoms. The Labute approximate surface area is 130 Å². The Morgan fingerprint density at radius 1 is 1.05 bits per heavy atom. The van der Waals surface area contributed by atoms with Crippen molar-refractivity contribution < 1.29 is 9.59 Å². The Bertz CT molecular complexity index is 673. The third-order valence-electron chi connectivity index (χ3n) is 2.83. The minimum Gasteiger partial charge on any atom is -0.398 e. The van der Waals surface area contributed by atoms with E-state index in [4.69, 9.17) is 5.73 Å². The minimum atomic E-state index is -0.570. The molecule has 21 heavy (non-hydrogen) atoms. The monoisotopic (exact) mass is 347 g/mol. The molecular formula is C15H14BrN3O2. The van der Waals surface area contributed by atoms with E-state index < -0.39 is 11.9 Å². The fraction of sp³-hybridized carbons (Fsp3) is 0.0667. The van der Waals surface area contributed by atoms with Gasteiger partial charge < -0.3 is 11.1 Å². The van der Waals surface area contributed by atoms with Gasteiger partial charge in [0.15, 0.2) is 0 Å². The molecule has 4 N–H and O–H groups in total. The second kappa shape index (κ2) is 6.90. The number of halogens is 1. The van der Waals surface area contributed by atoms with E-state index in [0.717, 1.165) is 10.0 Å². The molecule has 0 fully saturated rings. The molecule has 0 saturated carbocycles. The fourth-order valence-electron chi connectivity index (χ4n) is 1.74.